The largest absolute Gasteiger partial charge is 0.190 e. The van der Waals surface area contributed by atoms with Gasteiger partial charge in [0, 0.05) is 11.8 Å². The van der Waals surface area contributed by atoms with Gasteiger partial charge in [-0.25, -0.2) is 0 Å². The van der Waals surface area contributed by atoms with Gasteiger partial charge in [-0.15, -0.1) is 22.9 Å². The van der Waals surface area contributed by atoms with Gasteiger partial charge in [0.15, 0.2) is 0 Å². The molecule has 0 bridgehead atoms. The van der Waals surface area contributed by atoms with Crippen molar-refractivity contribution in [2.24, 2.45) is 45.7 Å². The highest BCUT2D eigenvalue weighted by molar-refractivity contribution is 6.84. The second-order valence-corrected chi connectivity index (χ2v) is 22.0. The summed E-state index contributed by atoms with van der Waals surface area (Å²) in [6.45, 7) is 23.4. The van der Waals surface area contributed by atoms with Crippen molar-refractivity contribution in [2.75, 3.05) is 0 Å². The minimum absolute atomic E-state index is 0.360. The zero-order valence-electron chi connectivity index (χ0n) is 21.3. The van der Waals surface area contributed by atoms with Crippen LogP contribution in [0.2, 0.25) is 39.3 Å². The molecule has 0 aliphatic heterocycles. The molecule has 0 saturated heterocycles. The molecule has 2 saturated carbocycles. The van der Waals surface area contributed by atoms with E-state index >= 15 is 0 Å². The van der Waals surface area contributed by atoms with Crippen molar-refractivity contribution in [3.05, 3.63) is 0 Å². The molecule has 0 heterocycles. The van der Waals surface area contributed by atoms with Crippen molar-refractivity contribution in [3.63, 3.8) is 0 Å². The Labute approximate surface area is 189 Å². The highest BCUT2D eigenvalue weighted by atomic mass is 28.3. The van der Waals surface area contributed by atoms with Crippen LogP contribution in [0.25, 0.3) is 0 Å². The van der Waals surface area contributed by atoms with E-state index in [1.807, 2.05) is 0 Å². The monoisotopic (exact) mass is 442 g/mol. The molecule has 0 aromatic rings. The Hall–Kier alpha value is -0.846. The first-order chi connectivity index (χ1) is 13.7. The van der Waals surface area contributed by atoms with Crippen molar-refractivity contribution in [3.8, 4) is 22.9 Å². The average Bonchev–Trinajstić information content (AvgIpc) is 2.58. The Balaban J connectivity index is 2.00. The highest BCUT2D eigenvalue weighted by Gasteiger charge is 2.35. The normalized spacial score (nSPS) is 37.8. The fourth-order valence-corrected chi connectivity index (χ4v) is 6.42. The van der Waals surface area contributed by atoms with E-state index in [-0.39, 0.29) is 0 Å². The molecule has 2 fully saturated rings. The molecule has 2 aliphatic carbocycles. The maximum absolute atomic E-state index is 4.98. The number of hydrogen-bond acceptors (Lipinski definition) is 2. The van der Waals surface area contributed by atoms with Gasteiger partial charge >= 0.3 is 0 Å². The molecule has 2 nitrogen and oxygen atoms in total. The molecule has 0 aromatic carbocycles. The van der Waals surface area contributed by atoms with Crippen LogP contribution < -0.4 is 0 Å². The van der Waals surface area contributed by atoms with Crippen LogP contribution in [0.5, 0.6) is 0 Å². The first-order valence-electron chi connectivity index (χ1n) is 12.2. The topological polar surface area (TPSA) is 24.7 Å². The van der Waals surface area contributed by atoms with Crippen LogP contribution in [0.15, 0.2) is 10.2 Å². The maximum atomic E-state index is 4.98. The summed E-state index contributed by atoms with van der Waals surface area (Å²) in [5.74, 6) is 10.6. The fourth-order valence-electron chi connectivity index (χ4n) is 5.15. The molecule has 168 valence electrons. The van der Waals surface area contributed by atoms with Crippen molar-refractivity contribution < 1.29 is 0 Å². The zero-order valence-corrected chi connectivity index (χ0v) is 23.3. The molecule has 0 N–H and O–H groups in total. The van der Waals surface area contributed by atoms with Crippen LogP contribution in [0.4, 0.5) is 0 Å². The van der Waals surface area contributed by atoms with E-state index in [1.165, 1.54) is 25.7 Å². The molecule has 0 spiro atoms. The van der Waals surface area contributed by atoms with Crippen LogP contribution in [0, 0.1) is 58.4 Å². The van der Waals surface area contributed by atoms with E-state index in [0.29, 0.717) is 47.6 Å². The molecule has 30 heavy (non-hydrogen) atoms. The summed E-state index contributed by atoms with van der Waals surface area (Å²) in [6.07, 6.45) is 4.70. The second kappa shape index (κ2) is 10.2. The second-order valence-electron chi connectivity index (χ2n) is 12.5. The van der Waals surface area contributed by atoms with Gasteiger partial charge < -0.3 is 0 Å². The lowest BCUT2D eigenvalue weighted by Gasteiger charge is -2.37. The summed E-state index contributed by atoms with van der Waals surface area (Å²) in [6, 6.07) is 0.720. The minimum Gasteiger partial charge on any atom is -0.190 e. The van der Waals surface area contributed by atoms with Gasteiger partial charge in [-0.2, -0.15) is 10.2 Å². The molecular weight excluding hydrogens is 396 g/mol. The number of hydrogen-bond donors (Lipinski definition) is 0. The van der Waals surface area contributed by atoms with Crippen molar-refractivity contribution >= 4 is 16.1 Å². The van der Waals surface area contributed by atoms with E-state index in [0.717, 1.165) is 0 Å². The molecule has 4 atom stereocenters. The summed E-state index contributed by atoms with van der Waals surface area (Å²) < 4.78 is 0. The van der Waals surface area contributed by atoms with Crippen LogP contribution in [-0.4, -0.2) is 28.2 Å². The number of rotatable bonds is 2. The van der Waals surface area contributed by atoms with Gasteiger partial charge in [-0.1, -0.05) is 67.0 Å². The van der Waals surface area contributed by atoms with Crippen LogP contribution in [0.3, 0.4) is 0 Å². The quantitative estimate of drug-likeness (QED) is 0.243. The van der Waals surface area contributed by atoms with E-state index in [4.69, 9.17) is 10.2 Å². The van der Waals surface area contributed by atoms with Crippen molar-refractivity contribution in [2.45, 2.75) is 105 Å². The summed E-state index contributed by atoms with van der Waals surface area (Å²) in [5, 5.41) is 9.96. The summed E-state index contributed by atoms with van der Waals surface area (Å²) >= 11 is 0. The Bertz CT molecular complexity index is 637. The van der Waals surface area contributed by atoms with Crippen molar-refractivity contribution in [1.29, 1.82) is 0 Å². The SMILES string of the molecule is CC1CC(C#C[Si](C)(C)C)CC(C)C1N=NC1C(C)CC(C#C[Si](C)(C)C)CC1C. The predicted octanol–water partition coefficient (Wildman–Crippen LogP) is 7.30. The lowest BCUT2D eigenvalue weighted by Crippen LogP contribution is -2.35. The number of azo groups is 1. The first-order valence-corrected chi connectivity index (χ1v) is 19.2. The third-order valence-corrected chi connectivity index (χ3v) is 8.38. The van der Waals surface area contributed by atoms with Gasteiger partial charge in [0.25, 0.3) is 0 Å². The lowest BCUT2D eigenvalue weighted by atomic mass is 9.73. The van der Waals surface area contributed by atoms with Crippen LogP contribution in [0.1, 0.15) is 53.4 Å². The van der Waals surface area contributed by atoms with Gasteiger partial charge in [0.05, 0.1) is 12.1 Å². The molecule has 0 radical (unpaired) electrons. The average molecular weight is 443 g/mol. The van der Waals surface area contributed by atoms with E-state index < -0.39 is 16.1 Å². The smallest absolute Gasteiger partial charge is 0.129 e. The van der Waals surface area contributed by atoms with Crippen LogP contribution in [-0.2, 0) is 0 Å². The third-order valence-electron chi connectivity index (χ3n) is 6.59. The van der Waals surface area contributed by atoms with Gasteiger partial charge in [-0.3, -0.25) is 0 Å². The molecule has 0 aromatic heterocycles. The van der Waals surface area contributed by atoms with E-state index in [2.05, 4.69) is 89.9 Å². The van der Waals surface area contributed by atoms with Gasteiger partial charge in [-0.05, 0) is 49.4 Å². The molecular formula is C26H46N2Si2. The minimum atomic E-state index is -1.29. The summed E-state index contributed by atoms with van der Waals surface area (Å²) in [4.78, 5) is 0. The Morgan fingerprint density at radius 2 is 0.800 bits per heavy atom. The van der Waals surface area contributed by atoms with E-state index in [1.54, 1.807) is 0 Å². The van der Waals surface area contributed by atoms with E-state index in [9.17, 15) is 0 Å². The first kappa shape index (κ1) is 25.4. The summed E-state index contributed by atoms with van der Waals surface area (Å²) in [5.41, 5.74) is 7.19. The molecule has 4 heteroatoms. The Morgan fingerprint density at radius 3 is 1.03 bits per heavy atom. The predicted molar refractivity (Wildman–Crippen MR) is 137 cm³/mol. The third kappa shape index (κ3) is 8.01. The molecule has 2 rings (SSSR count). The number of nitrogens with zero attached hydrogens (tertiary/aromatic N) is 2. The standard InChI is InChI=1S/C26H46N2Si2/c1-19-15-23(11-13-29(5,6)7)16-20(2)25(19)27-28-26-21(3)17-24(18-22(26)4)12-14-30(8,9)10/h19-26H,15-18H2,1-10H3. The Morgan fingerprint density at radius 1 is 0.533 bits per heavy atom. The van der Waals surface area contributed by atoms with Gasteiger partial charge in [0.2, 0.25) is 0 Å². The molecule has 0 amide bonds. The Kier molecular flexibility index (Phi) is 8.63. The molecule has 2 aliphatic rings. The van der Waals surface area contributed by atoms with Gasteiger partial charge in [0.1, 0.15) is 16.1 Å². The maximum Gasteiger partial charge on any atom is 0.129 e. The lowest BCUT2D eigenvalue weighted by molar-refractivity contribution is 0.184. The molecule has 4 unspecified atom stereocenters. The van der Waals surface area contributed by atoms with Crippen LogP contribution >= 0.6 is 0 Å². The zero-order chi connectivity index (χ0) is 22.7. The summed E-state index contributed by atoms with van der Waals surface area (Å²) in [7, 11) is -2.58. The van der Waals surface area contributed by atoms with Crippen molar-refractivity contribution in [1.82, 2.24) is 0 Å². The highest BCUT2D eigenvalue weighted by Crippen LogP contribution is 2.38. The fraction of sp³-hybridized carbons (Fsp3) is 0.846.